The van der Waals surface area contributed by atoms with Crippen molar-refractivity contribution in [3.63, 3.8) is 0 Å². The number of hydrogen-bond acceptors (Lipinski definition) is 2. The van der Waals surface area contributed by atoms with Gasteiger partial charge in [0.25, 0.3) is 0 Å². The van der Waals surface area contributed by atoms with Gasteiger partial charge in [-0.05, 0) is 6.42 Å². The van der Waals surface area contributed by atoms with Crippen LogP contribution in [0.15, 0.2) is 0 Å². The highest BCUT2D eigenvalue weighted by molar-refractivity contribution is 7.85. The fraction of sp³-hybridized carbons (Fsp3) is 0.857. The van der Waals surface area contributed by atoms with Crippen molar-refractivity contribution in [2.75, 3.05) is 18.2 Å². The molecule has 0 saturated carbocycles. The Balaban J connectivity index is 2.66. The van der Waals surface area contributed by atoms with Crippen LogP contribution in [0.4, 0.5) is 0 Å². The van der Waals surface area contributed by atoms with Crippen LogP contribution in [0.1, 0.15) is 13.3 Å². The lowest BCUT2D eigenvalue weighted by atomic mass is 10.4. The lowest BCUT2D eigenvalue weighted by Crippen LogP contribution is -2.37. The molecular weight excluding hydrogens is 198 g/mol. The third kappa shape index (κ3) is 1.80. The summed E-state index contributed by atoms with van der Waals surface area (Å²) in [5, 5.41) is -0.101. The van der Waals surface area contributed by atoms with Gasteiger partial charge in [-0.2, -0.15) is 0 Å². The molecule has 0 aromatic heterocycles. The van der Waals surface area contributed by atoms with E-state index in [1.54, 1.807) is 4.90 Å². The Bertz CT molecular complexity index is 210. The summed E-state index contributed by atoms with van der Waals surface area (Å²) in [6, 6.07) is 0. The first kappa shape index (κ1) is 9.99. The largest absolute Gasteiger partial charge is 0.326 e. The van der Waals surface area contributed by atoms with E-state index in [0.717, 1.165) is 6.42 Å². The predicted molar refractivity (Wildman–Crippen MR) is 49.5 cm³/mol. The molecule has 0 aromatic rings. The molecule has 12 heavy (non-hydrogen) atoms. The first-order valence-corrected chi connectivity index (χ1v) is 5.85. The van der Waals surface area contributed by atoms with Gasteiger partial charge in [-0.25, -0.2) is 0 Å². The van der Waals surface area contributed by atoms with Gasteiger partial charge in [0.15, 0.2) is 0 Å². The van der Waals surface area contributed by atoms with Gasteiger partial charge in [-0.15, -0.1) is 11.6 Å². The Hall–Kier alpha value is -0.0900. The van der Waals surface area contributed by atoms with Crippen molar-refractivity contribution >= 4 is 28.3 Å². The Kier molecular flexibility index (Phi) is 3.53. The van der Waals surface area contributed by atoms with E-state index in [-0.39, 0.29) is 17.2 Å². The average Bonchev–Trinajstić information content (AvgIpc) is 2.45. The Morgan fingerprint density at radius 2 is 2.42 bits per heavy atom. The standard InChI is InChI=1S/C7H12ClNO2S/c1-2-7-9(6(10)5-8)3-4-12(7)11/h7H,2-5H2,1H3. The van der Waals surface area contributed by atoms with Gasteiger partial charge in [0.1, 0.15) is 11.3 Å². The van der Waals surface area contributed by atoms with Crippen LogP contribution in [0.2, 0.25) is 0 Å². The highest BCUT2D eigenvalue weighted by Gasteiger charge is 2.32. The maximum Gasteiger partial charge on any atom is 0.238 e. The normalized spacial score (nSPS) is 29.3. The number of carbonyl (C=O) groups excluding carboxylic acids is 1. The molecule has 2 atom stereocenters. The number of nitrogens with zero attached hydrogens (tertiary/aromatic N) is 1. The molecule has 2 unspecified atom stereocenters. The van der Waals surface area contributed by atoms with Gasteiger partial charge >= 0.3 is 0 Å². The monoisotopic (exact) mass is 209 g/mol. The second-order valence-electron chi connectivity index (χ2n) is 2.67. The topological polar surface area (TPSA) is 37.4 Å². The SMILES string of the molecule is CCC1N(C(=O)CCl)CCS1=O. The average molecular weight is 210 g/mol. The summed E-state index contributed by atoms with van der Waals surface area (Å²) < 4.78 is 11.3. The third-order valence-electron chi connectivity index (χ3n) is 1.97. The quantitative estimate of drug-likeness (QED) is 0.623. The second-order valence-corrected chi connectivity index (χ2v) is 4.65. The van der Waals surface area contributed by atoms with Crippen LogP contribution < -0.4 is 0 Å². The molecule has 0 aromatic carbocycles. The number of rotatable bonds is 2. The fourth-order valence-corrected chi connectivity index (χ4v) is 3.06. The van der Waals surface area contributed by atoms with E-state index in [0.29, 0.717) is 12.3 Å². The Morgan fingerprint density at radius 1 is 1.75 bits per heavy atom. The third-order valence-corrected chi connectivity index (χ3v) is 3.98. The van der Waals surface area contributed by atoms with E-state index in [1.807, 2.05) is 6.92 Å². The molecule has 1 fully saturated rings. The number of alkyl halides is 1. The number of carbonyl (C=O) groups is 1. The lowest BCUT2D eigenvalue weighted by Gasteiger charge is -2.20. The molecule has 0 radical (unpaired) electrons. The molecule has 1 aliphatic heterocycles. The van der Waals surface area contributed by atoms with Gasteiger partial charge in [-0.1, -0.05) is 6.92 Å². The van der Waals surface area contributed by atoms with Crippen LogP contribution in [0.25, 0.3) is 0 Å². The minimum absolute atomic E-state index is 0.00625. The summed E-state index contributed by atoms with van der Waals surface area (Å²) in [6.45, 7) is 2.53. The molecule has 5 heteroatoms. The van der Waals surface area contributed by atoms with Crippen molar-refractivity contribution in [3.05, 3.63) is 0 Å². The summed E-state index contributed by atoms with van der Waals surface area (Å²) in [6.07, 6.45) is 0.745. The molecule has 0 bridgehead atoms. The summed E-state index contributed by atoms with van der Waals surface area (Å²) in [5.41, 5.74) is 0. The van der Waals surface area contributed by atoms with Gasteiger partial charge < -0.3 is 4.90 Å². The molecule has 0 spiro atoms. The van der Waals surface area contributed by atoms with Crippen LogP contribution in [0.3, 0.4) is 0 Å². The van der Waals surface area contributed by atoms with Gasteiger partial charge in [0.2, 0.25) is 5.91 Å². The molecule has 3 nitrogen and oxygen atoms in total. The smallest absolute Gasteiger partial charge is 0.238 e. The number of hydrogen-bond donors (Lipinski definition) is 0. The fourth-order valence-electron chi connectivity index (χ4n) is 1.38. The van der Waals surface area contributed by atoms with Crippen LogP contribution in [-0.2, 0) is 15.6 Å². The van der Waals surface area contributed by atoms with Crippen LogP contribution in [0, 0.1) is 0 Å². The predicted octanol–water partition coefficient (Wildman–Crippen LogP) is 0.552. The summed E-state index contributed by atoms with van der Waals surface area (Å²) >= 11 is 5.41. The van der Waals surface area contributed by atoms with Gasteiger partial charge in [0.05, 0.1) is 0 Å². The van der Waals surface area contributed by atoms with E-state index < -0.39 is 10.8 Å². The molecule has 1 heterocycles. The highest BCUT2D eigenvalue weighted by atomic mass is 35.5. The minimum atomic E-state index is -0.866. The van der Waals surface area contributed by atoms with Gasteiger partial charge in [0, 0.05) is 23.1 Å². The molecule has 1 rings (SSSR count). The molecule has 0 N–H and O–H groups in total. The first-order valence-electron chi connectivity index (χ1n) is 3.93. The van der Waals surface area contributed by atoms with E-state index >= 15 is 0 Å². The maximum atomic E-state index is 11.3. The van der Waals surface area contributed by atoms with Crippen molar-refractivity contribution < 1.29 is 9.00 Å². The van der Waals surface area contributed by atoms with Crippen molar-refractivity contribution in [3.8, 4) is 0 Å². The minimum Gasteiger partial charge on any atom is -0.326 e. The first-order chi connectivity index (χ1) is 5.70. The van der Waals surface area contributed by atoms with Crippen LogP contribution in [-0.4, -0.2) is 38.6 Å². The zero-order valence-corrected chi connectivity index (χ0v) is 8.53. The van der Waals surface area contributed by atoms with E-state index in [1.165, 1.54) is 0 Å². The maximum absolute atomic E-state index is 11.3. The molecular formula is C7H12ClNO2S. The number of amides is 1. The zero-order valence-electron chi connectivity index (χ0n) is 6.96. The van der Waals surface area contributed by atoms with E-state index in [4.69, 9.17) is 11.6 Å². The second kappa shape index (κ2) is 4.23. The molecule has 1 saturated heterocycles. The molecule has 0 aliphatic carbocycles. The van der Waals surface area contributed by atoms with Gasteiger partial charge in [-0.3, -0.25) is 9.00 Å². The molecule has 70 valence electrons. The van der Waals surface area contributed by atoms with Crippen molar-refractivity contribution in [1.82, 2.24) is 4.90 Å². The zero-order chi connectivity index (χ0) is 9.14. The van der Waals surface area contributed by atoms with Crippen molar-refractivity contribution in [2.24, 2.45) is 0 Å². The lowest BCUT2D eigenvalue weighted by molar-refractivity contribution is -0.128. The Morgan fingerprint density at radius 3 is 2.92 bits per heavy atom. The molecule has 1 amide bonds. The highest BCUT2D eigenvalue weighted by Crippen LogP contribution is 2.16. The molecule has 1 aliphatic rings. The van der Waals surface area contributed by atoms with Crippen molar-refractivity contribution in [2.45, 2.75) is 18.7 Å². The summed E-state index contributed by atoms with van der Waals surface area (Å²) in [7, 11) is -0.866. The Labute approximate surface area is 79.5 Å². The number of halogens is 1. The van der Waals surface area contributed by atoms with Crippen LogP contribution >= 0.6 is 11.6 Å². The van der Waals surface area contributed by atoms with E-state index in [2.05, 4.69) is 0 Å². The van der Waals surface area contributed by atoms with E-state index in [9.17, 15) is 9.00 Å². The van der Waals surface area contributed by atoms with Crippen LogP contribution in [0.5, 0.6) is 0 Å². The van der Waals surface area contributed by atoms with Crippen molar-refractivity contribution in [1.29, 1.82) is 0 Å². The summed E-state index contributed by atoms with van der Waals surface area (Å²) in [5.74, 6) is 0.490. The summed E-state index contributed by atoms with van der Waals surface area (Å²) in [4.78, 5) is 12.8.